The number of nitrogens with one attached hydrogen (secondary N) is 1. The Morgan fingerprint density at radius 3 is 2.00 bits per heavy atom. The van der Waals surface area contributed by atoms with Crippen LogP contribution >= 0.6 is 0 Å². The van der Waals surface area contributed by atoms with Gasteiger partial charge in [-0.3, -0.25) is 0 Å². The molecular formula is C15H13F4N. The Bertz CT molecular complexity index is 617. The molecule has 0 bridgehead atoms. The zero-order valence-electron chi connectivity index (χ0n) is 11.0. The van der Waals surface area contributed by atoms with Crippen LogP contribution in [0.25, 0.3) is 0 Å². The van der Waals surface area contributed by atoms with E-state index in [4.69, 9.17) is 0 Å². The lowest BCUT2D eigenvalue weighted by molar-refractivity contribution is 0.499. The normalized spacial score (nSPS) is 12.5. The van der Waals surface area contributed by atoms with Gasteiger partial charge in [-0.2, -0.15) is 0 Å². The van der Waals surface area contributed by atoms with E-state index in [-0.39, 0.29) is 5.56 Å². The molecule has 20 heavy (non-hydrogen) atoms. The summed E-state index contributed by atoms with van der Waals surface area (Å²) >= 11 is 0. The zero-order valence-corrected chi connectivity index (χ0v) is 11.0. The van der Waals surface area contributed by atoms with Crippen molar-refractivity contribution in [1.82, 2.24) is 5.32 Å². The lowest BCUT2D eigenvalue weighted by atomic mass is 9.94. The summed E-state index contributed by atoms with van der Waals surface area (Å²) in [5.41, 5.74) is 0.786. The minimum atomic E-state index is -0.981. The summed E-state index contributed by atoms with van der Waals surface area (Å²) in [7, 11) is 1.52. The maximum absolute atomic E-state index is 13.9. The Hall–Kier alpha value is -1.88. The molecule has 0 saturated carbocycles. The predicted molar refractivity (Wildman–Crippen MR) is 68.4 cm³/mol. The molecule has 0 heterocycles. The topological polar surface area (TPSA) is 12.0 Å². The SMILES string of the molecule is CNC(c1ccc(F)cc1C)c1c(F)cc(F)cc1F. The van der Waals surface area contributed by atoms with E-state index < -0.39 is 29.3 Å². The van der Waals surface area contributed by atoms with Gasteiger partial charge in [0.1, 0.15) is 23.3 Å². The molecule has 0 spiro atoms. The smallest absolute Gasteiger partial charge is 0.134 e. The van der Waals surface area contributed by atoms with Crippen molar-refractivity contribution >= 4 is 0 Å². The first-order chi connectivity index (χ1) is 9.43. The molecule has 2 rings (SSSR count). The van der Waals surface area contributed by atoms with Crippen molar-refractivity contribution in [2.24, 2.45) is 0 Å². The van der Waals surface area contributed by atoms with Crippen LogP contribution in [0.1, 0.15) is 22.7 Å². The van der Waals surface area contributed by atoms with Crippen LogP contribution in [0, 0.1) is 30.2 Å². The largest absolute Gasteiger partial charge is 0.309 e. The highest BCUT2D eigenvalue weighted by atomic mass is 19.1. The van der Waals surface area contributed by atoms with Crippen LogP contribution in [-0.4, -0.2) is 7.05 Å². The number of rotatable bonds is 3. The van der Waals surface area contributed by atoms with Crippen LogP contribution in [0.2, 0.25) is 0 Å². The molecule has 0 radical (unpaired) electrons. The van der Waals surface area contributed by atoms with Gasteiger partial charge in [-0.15, -0.1) is 0 Å². The van der Waals surface area contributed by atoms with Crippen molar-refractivity contribution in [3.05, 3.63) is 70.3 Å². The quantitative estimate of drug-likeness (QED) is 0.843. The van der Waals surface area contributed by atoms with Crippen molar-refractivity contribution in [1.29, 1.82) is 0 Å². The summed E-state index contributed by atoms with van der Waals surface area (Å²) in [6.45, 7) is 1.64. The van der Waals surface area contributed by atoms with Crippen LogP contribution < -0.4 is 5.32 Å². The van der Waals surface area contributed by atoms with Gasteiger partial charge in [0.05, 0.1) is 6.04 Å². The molecule has 106 valence electrons. The maximum atomic E-state index is 13.9. The molecule has 2 aromatic rings. The molecule has 1 atom stereocenters. The predicted octanol–water partition coefficient (Wildman–Crippen LogP) is 3.86. The Labute approximate surface area is 114 Å². The van der Waals surface area contributed by atoms with Gasteiger partial charge in [0.25, 0.3) is 0 Å². The third-order valence-electron chi connectivity index (χ3n) is 3.16. The Morgan fingerprint density at radius 2 is 1.50 bits per heavy atom. The van der Waals surface area contributed by atoms with Gasteiger partial charge in [0.2, 0.25) is 0 Å². The number of hydrogen-bond donors (Lipinski definition) is 1. The van der Waals surface area contributed by atoms with Gasteiger partial charge in [0.15, 0.2) is 0 Å². The van der Waals surface area contributed by atoms with Gasteiger partial charge in [-0.05, 0) is 37.2 Å². The van der Waals surface area contributed by atoms with Crippen LogP contribution in [0.15, 0.2) is 30.3 Å². The molecule has 0 aliphatic carbocycles. The number of hydrogen-bond acceptors (Lipinski definition) is 1. The minimum Gasteiger partial charge on any atom is -0.309 e. The molecule has 1 N–H and O–H groups in total. The van der Waals surface area contributed by atoms with E-state index in [2.05, 4.69) is 5.32 Å². The Kier molecular flexibility index (Phi) is 4.09. The Balaban J connectivity index is 2.58. The summed E-state index contributed by atoms with van der Waals surface area (Å²) in [5, 5.41) is 2.77. The highest BCUT2D eigenvalue weighted by molar-refractivity contribution is 5.38. The monoisotopic (exact) mass is 283 g/mol. The second-order valence-electron chi connectivity index (χ2n) is 4.51. The van der Waals surface area contributed by atoms with E-state index in [0.29, 0.717) is 23.3 Å². The van der Waals surface area contributed by atoms with Crippen LogP contribution in [0.4, 0.5) is 17.6 Å². The maximum Gasteiger partial charge on any atom is 0.134 e. The summed E-state index contributed by atoms with van der Waals surface area (Å²) in [5.74, 6) is -3.37. The van der Waals surface area contributed by atoms with Crippen molar-refractivity contribution in [3.63, 3.8) is 0 Å². The minimum absolute atomic E-state index is 0.288. The summed E-state index contributed by atoms with van der Waals surface area (Å²) in [6.07, 6.45) is 0. The first-order valence-electron chi connectivity index (χ1n) is 6.01. The lowest BCUT2D eigenvalue weighted by Crippen LogP contribution is -2.21. The molecule has 0 saturated heterocycles. The second kappa shape index (κ2) is 5.63. The van der Waals surface area contributed by atoms with E-state index in [1.165, 1.54) is 25.2 Å². The van der Waals surface area contributed by atoms with Crippen molar-refractivity contribution < 1.29 is 17.6 Å². The highest BCUT2D eigenvalue weighted by Crippen LogP contribution is 2.29. The molecule has 0 amide bonds. The highest BCUT2D eigenvalue weighted by Gasteiger charge is 2.23. The van der Waals surface area contributed by atoms with Crippen LogP contribution in [0.5, 0.6) is 0 Å². The van der Waals surface area contributed by atoms with Crippen LogP contribution in [-0.2, 0) is 0 Å². The fraction of sp³-hybridized carbons (Fsp3) is 0.200. The van der Waals surface area contributed by atoms with E-state index in [1.54, 1.807) is 6.92 Å². The standard InChI is InChI=1S/C15H13F4N/c1-8-5-9(16)3-4-11(8)15(20-2)14-12(18)6-10(17)7-13(14)19/h3-7,15,20H,1-2H3. The van der Waals surface area contributed by atoms with Gasteiger partial charge in [-0.1, -0.05) is 6.07 Å². The fourth-order valence-corrected chi connectivity index (χ4v) is 2.25. The average Bonchev–Trinajstić information content (AvgIpc) is 2.34. The van der Waals surface area contributed by atoms with Gasteiger partial charge in [-0.25, -0.2) is 17.6 Å². The van der Waals surface area contributed by atoms with Crippen molar-refractivity contribution in [2.45, 2.75) is 13.0 Å². The summed E-state index contributed by atoms with van der Waals surface area (Å²) < 4.78 is 53.8. The van der Waals surface area contributed by atoms with Gasteiger partial charge >= 0.3 is 0 Å². The number of benzene rings is 2. The molecule has 2 aromatic carbocycles. The fourth-order valence-electron chi connectivity index (χ4n) is 2.25. The third kappa shape index (κ3) is 2.67. The molecular weight excluding hydrogens is 270 g/mol. The Morgan fingerprint density at radius 1 is 0.900 bits per heavy atom. The van der Waals surface area contributed by atoms with Crippen molar-refractivity contribution in [2.75, 3.05) is 7.05 Å². The number of aryl methyl sites for hydroxylation is 1. The first-order valence-corrected chi connectivity index (χ1v) is 6.01. The summed E-state index contributed by atoms with van der Waals surface area (Å²) in [6, 6.07) is 4.37. The average molecular weight is 283 g/mol. The second-order valence-corrected chi connectivity index (χ2v) is 4.51. The summed E-state index contributed by atoms with van der Waals surface area (Å²) in [4.78, 5) is 0. The third-order valence-corrected chi connectivity index (χ3v) is 3.16. The molecule has 0 aliphatic heterocycles. The zero-order chi connectivity index (χ0) is 14.9. The molecule has 0 aromatic heterocycles. The lowest BCUT2D eigenvalue weighted by Gasteiger charge is -2.20. The molecule has 1 nitrogen and oxygen atoms in total. The van der Waals surface area contributed by atoms with Gasteiger partial charge < -0.3 is 5.32 Å². The van der Waals surface area contributed by atoms with E-state index in [9.17, 15) is 17.6 Å². The van der Waals surface area contributed by atoms with E-state index in [1.807, 2.05) is 0 Å². The van der Waals surface area contributed by atoms with Crippen molar-refractivity contribution in [3.8, 4) is 0 Å². The molecule has 1 unspecified atom stereocenters. The molecule has 0 aliphatic rings. The molecule has 5 heteroatoms. The van der Waals surface area contributed by atoms with Gasteiger partial charge in [0, 0.05) is 17.7 Å². The first kappa shape index (κ1) is 14.5. The number of halogens is 4. The van der Waals surface area contributed by atoms with E-state index in [0.717, 1.165) is 0 Å². The van der Waals surface area contributed by atoms with E-state index >= 15 is 0 Å². The van der Waals surface area contributed by atoms with Crippen LogP contribution in [0.3, 0.4) is 0 Å². The molecule has 0 fully saturated rings.